The predicted molar refractivity (Wildman–Crippen MR) is 74.6 cm³/mol. The summed E-state index contributed by atoms with van der Waals surface area (Å²) in [6, 6.07) is 8.25. The van der Waals surface area contributed by atoms with E-state index in [1.165, 1.54) is 12.0 Å². The second kappa shape index (κ2) is 6.21. The topological polar surface area (TPSA) is 35.5 Å². The van der Waals surface area contributed by atoms with Crippen LogP contribution in [0.5, 0.6) is 5.75 Å². The number of rotatable bonds is 4. The van der Waals surface area contributed by atoms with Crippen LogP contribution in [-0.2, 0) is 6.54 Å². The van der Waals surface area contributed by atoms with Gasteiger partial charge in [0.05, 0.1) is 0 Å². The van der Waals surface area contributed by atoms with E-state index in [0.29, 0.717) is 17.7 Å². The molecule has 1 saturated heterocycles. The molecule has 1 heterocycles. The van der Waals surface area contributed by atoms with Crippen LogP contribution in [0, 0.1) is 5.92 Å². The average Bonchev–Trinajstić information content (AvgIpc) is 2.33. The van der Waals surface area contributed by atoms with E-state index < -0.39 is 0 Å². The van der Waals surface area contributed by atoms with Gasteiger partial charge in [0.2, 0.25) is 0 Å². The standard InChI is InChI=1S/C15H24N2O/c1-3-16-15-7-8-17(10-12(15)2)11-13-5-4-6-14(18)9-13/h4-6,9,12,15-16,18H,3,7-8,10-11H2,1-2H3. The Morgan fingerprint density at radius 1 is 1.44 bits per heavy atom. The SMILES string of the molecule is CCNC1CCN(Cc2cccc(O)c2)CC1C. The minimum Gasteiger partial charge on any atom is -0.508 e. The first kappa shape index (κ1) is 13.4. The molecule has 1 aromatic rings. The van der Waals surface area contributed by atoms with Crippen molar-refractivity contribution in [2.45, 2.75) is 32.9 Å². The lowest BCUT2D eigenvalue weighted by atomic mass is 9.93. The molecule has 0 saturated carbocycles. The number of benzene rings is 1. The molecule has 2 rings (SSSR count). The maximum atomic E-state index is 9.48. The number of likely N-dealkylation sites (tertiary alicyclic amines) is 1. The van der Waals surface area contributed by atoms with E-state index in [0.717, 1.165) is 26.2 Å². The molecule has 1 aromatic carbocycles. The fourth-order valence-electron chi connectivity index (χ4n) is 2.85. The first-order valence-electron chi connectivity index (χ1n) is 6.92. The molecule has 3 nitrogen and oxygen atoms in total. The summed E-state index contributed by atoms with van der Waals surface area (Å²) in [5.74, 6) is 1.05. The molecule has 2 unspecified atom stereocenters. The normalized spacial score (nSPS) is 25.2. The molecule has 0 amide bonds. The highest BCUT2D eigenvalue weighted by molar-refractivity contribution is 5.27. The number of aromatic hydroxyl groups is 1. The minimum absolute atomic E-state index is 0.364. The second-order valence-corrected chi connectivity index (χ2v) is 5.34. The fourth-order valence-corrected chi connectivity index (χ4v) is 2.85. The molecule has 0 aliphatic carbocycles. The van der Waals surface area contributed by atoms with Crippen LogP contribution in [0.15, 0.2) is 24.3 Å². The summed E-state index contributed by atoms with van der Waals surface area (Å²) < 4.78 is 0. The van der Waals surface area contributed by atoms with Gasteiger partial charge in [0.15, 0.2) is 0 Å². The van der Waals surface area contributed by atoms with Crippen LogP contribution in [-0.4, -0.2) is 35.7 Å². The zero-order chi connectivity index (χ0) is 13.0. The molecule has 2 atom stereocenters. The Bertz CT molecular complexity index is 381. The van der Waals surface area contributed by atoms with Crippen molar-refractivity contribution in [1.82, 2.24) is 10.2 Å². The molecule has 0 radical (unpaired) electrons. The summed E-state index contributed by atoms with van der Waals surface area (Å²) in [6.45, 7) is 8.76. The van der Waals surface area contributed by atoms with E-state index in [1.807, 2.05) is 12.1 Å². The lowest BCUT2D eigenvalue weighted by Gasteiger charge is -2.37. The lowest BCUT2D eigenvalue weighted by Crippen LogP contribution is -2.47. The van der Waals surface area contributed by atoms with Crippen LogP contribution in [0.4, 0.5) is 0 Å². The summed E-state index contributed by atoms with van der Waals surface area (Å²) in [4.78, 5) is 2.48. The second-order valence-electron chi connectivity index (χ2n) is 5.34. The molecule has 1 fully saturated rings. The van der Waals surface area contributed by atoms with Crippen LogP contribution >= 0.6 is 0 Å². The van der Waals surface area contributed by atoms with Crippen LogP contribution < -0.4 is 5.32 Å². The summed E-state index contributed by atoms with van der Waals surface area (Å²) in [5, 5.41) is 13.0. The quantitative estimate of drug-likeness (QED) is 0.857. The lowest BCUT2D eigenvalue weighted by molar-refractivity contribution is 0.142. The smallest absolute Gasteiger partial charge is 0.115 e. The van der Waals surface area contributed by atoms with Crippen LogP contribution in [0.3, 0.4) is 0 Å². The van der Waals surface area contributed by atoms with E-state index in [-0.39, 0.29) is 0 Å². The third-order valence-electron chi connectivity index (χ3n) is 3.77. The van der Waals surface area contributed by atoms with E-state index in [4.69, 9.17) is 0 Å². The van der Waals surface area contributed by atoms with Gasteiger partial charge in [-0.05, 0) is 43.1 Å². The van der Waals surface area contributed by atoms with E-state index in [9.17, 15) is 5.11 Å². The zero-order valence-electron chi connectivity index (χ0n) is 11.4. The Hall–Kier alpha value is -1.06. The average molecular weight is 248 g/mol. The van der Waals surface area contributed by atoms with Gasteiger partial charge in [-0.3, -0.25) is 4.90 Å². The van der Waals surface area contributed by atoms with Gasteiger partial charge in [0.25, 0.3) is 0 Å². The number of phenolic OH excluding ortho intramolecular Hbond substituents is 1. The molecular weight excluding hydrogens is 224 g/mol. The van der Waals surface area contributed by atoms with Crippen molar-refractivity contribution in [1.29, 1.82) is 0 Å². The van der Waals surface area contributed by atoms with Crippen molar-refractivity contribution in [3.05, 3.63) is 29.8 Å². The fraction of sp³-hybridized carbons (Fsp3) is 0.600. The summed E-state index contributed by atoms with van der Waals surface area (Å²) in [5.41, 5.74) is 1.20. The summed E-state index contributed by atoms with van der Waals surface area (Å²) in [6.07, 6.45) is 1.22. The monoisotopic (exact) mass is 248 g/mol. The van der Waals surface area contributed by atoms with Crippen LogP contribution in [0.25, 0.3) is 0 Å². The van der Waals surface area contributed by atoms with Gasteiger partial charge < -0.3 is 10.4 Å². The zero-order valence-corrected chi connectivity index (χ0v) is 11.4. The number of nitrogens with zero attached hydrogens (tertiary/aromatic N) is 1. The van der Waals surface area contributed by atoms with Crippen molar-refractivity contribution in [3.8, 4) is 5.75 Å². The largest absolute Gasteiger partial charge is 0.508 e. The molecular formula is C15H24N2O. The first-order chi connectivity index (χ1) is 8.69. The number of piperidine rings is 1. The third-order valence-corrected chi connectivity index (χ3v) is 3.77. The van der Waals surface area contributed by atoms with Gasteiger partial charge in [-0.25, -0.2) is 0 Å². The van der Waals surface area contributed by atoms with Crippen molar-refractivity contribution >= 4 is 0 Å². The molecule has 100 valence electrons. The Morgan fingerprint density at radius 2 is 2.28 bits per heavy atom. The molecule has 18 heavy (non-hydrogen) atoms. The third kappa shape index (κ3) is 3.47. The van der Waals surface area contributed by atoms with Crippen molar-refractivity contribution in [3.63, 3.8) is 0 Å². The molecule has 3 heteroatoms. The van der Waals surface area contributed by atoms with Gasteiger partial charge in [-0.2, -0.15) is 0 Å². The highest BCUT2D eigenvalue weighted by Gasteiger charge is 2.25. The van der Waals surface area contributed by atoms with Crippen molar-refractivity contribution < 1.29 is 5.11 Å². The molecule has 1 aliphatic rings. The van der Waals surface area contributed by atoms with E-state index in [2.05, 4.69) is 30.1 Å². The molecule has 0 spiro atoms. The van der Waals surface area contributed by atoms with Crippen molar-refractivity contribution in [2.75, 3.05) is 19.6 Å². The van der Waals surface area contributed by atoms with Crippen LogP contribution in [0.1, 0.15) is 25.8 Å². The highest BCUT2D eigenvalue weighted by Crippen LogP contribution is 2.20. The van der Waals surface area contributed by atoms with Gasteiger partial charge in [0, 0.05) is 19.1 Å². The number of hydrogen-bond acceptors (Lipinski definition) is 3. The Kier molecular flexibility index (Phi) is 4.61. The number of hydrogen-bond donors (Lipinski definition) is 2. The highest BCUT2D eigenvalue weighted by atomic mass is 16.3. The molecule has 2 N–H and O–H groups in total. The van der Waals surface area contributed by atoms with E-state index in [1.54, 1.807) is 6.07 Å². The van der Waals surface area contributed by atoms with E-state index >= 15 is 0 Å². The van der Waals surface area contributed by atoms with Gasteiger partial charge in [-0.1, -0.05) is 26.0 Å². The molecule has 0 bridgehead atoms. The maximum Gasteiger partial charge on any atom is 0.115 e. The van der Waals surface area contributed by atoms with Crippen molar-refractivity contribution in [2.24, 2.45) is 5.92 Å². The van der Waals surface area contributed by atoms with Gasteiger partial charge >= 0.3 is 0 Å². The minimum atomic E-state index is 0.364. The first-order valence-corrected chi connectivity index (χ1v) is 6.92. The molecule has 1 aliphatic heterocycles. The molecule has 0 aromatic heterocycles. The number of phenols is 1. The maximum absolute atomic E-state index is 9.48. The summed E-state index contributed by atoms with van der Waals surface area (Å²) in [7, 11) is 0. The van der Waals surface area contributed by atoms with Gasteiger partial charge in [0.1, 0.15) is 5.75 Å². The Morgan fingerprint density at radius 3 is 2.94 bits per heavy atom. The number of nitrogens with one attached hydrogen (secondary N) is 1. The van der Waals surface area contributed by atoms with Crippen LogP contribution in [0.2, 0.25) is 0 Å². The predicted octanol–water partition coefficient (Wildman–Crippen LogP) is 2.21. The summed E-state index contributed by atoms with van der Waals surface area (Å²) >= 11 is 0. The Labute approximate surface area is 110 Å². The van der Waals surface area contributed by atoms with Gasteiger partial charge in [-0.15, -0.1) is 0 Å². The Balaban J connectivity index is 1.89.